The number of benzene rings is 1. The summed E-state index contributed by atoms with van der Waals surface area (Å²) in [6, 6.07) is 8.39. The van der Waals surface area contributed by atoms with Gasteiger partial charge in [0.2, 0.25) is 10.0 Å². The Balaban J connectivity index is 2.01. The Morgan fingerprint density at radius 3 is 2.45 bits per heavy atom. The molecule has 0 saturated carbocycles. The van der Waals surface area contributed by atoms with Crippen molar-refractivity contribution in [3.63, 3.8) is 0 Å². The Labute approximate surface area is 118 Å². The monoisotopic (exact) mass is 295 g/mol. The maximum Gasteiger partial charge on any atom is 0.240 e. The van der Waals surface area contributed by atoms with Crippen LogP contribution in [0.15, 0.2) is 52.2 Å². The van der Waals surface area contributed by atoms with Crippen molar-refractivity contribution in [1.82, 2.24) is 4.72 Å². The van der Waals surface area contributed by atoms with Gasteiger partial charge in [0.15, 0.2) is 0 Å². The predicted molar refractivity (Wildman–Crippen MR) is 74.6 cm³/mol. The van der Waals surface area contributed by atoms with Gasteiger partial charge in [0, 0.05) is 18.7 Å². The van der Waals surface area contributed by atoms with Crippen molar-refractivity contribution in [2.24, 2.45) is 0 Å². The van der Waals surface area contributed by atoms with E-state index in [-0.39, 0.29) is 18.0 Å². The van der Waals surface area contributed by atoms with Crippen LogP contribution >= 0.6 is 0 Å². The molecule has 0 spiro atoms. The molecule has 6 heteroatoms. The topological polar surface area (TPSA) is 79.5 Å². The summed E-state index contributed by atoms with van der Waals surface area (Å²) < 4.78 is 31.5. The number of aliphatic hydroxyl groups excluding tert-OH is 1. The van der Waals surface area contributed by atoms with Gasteiger partial charge in [-0.05, 0) is 36.6 Å². The molecule has 2 N–H and O–H groups in total. The van der Waals surface area contributed by atoms with Crippen molar-refractivity contribution in [2.75, 3.05) is 6.61 Å². The van der Waals surface area contributed by atoms with E-state index >= 15 is 0 Å². The van der Waals surface area contributed by atoms with Crippen LogP contribution in [-0.4, -0.2) is 20.1 Å². The summed E-state index contributed by atoms with van der Waals surface area (Å²) in [6.07, 6.45) is 4.41. The molecular weight excluding hydrogens is 278 g/mol. The molecular formula is C14H17NO4S. The van der Waals surface area contributed by atoms with E-state index < -0.39 is 10.0 Å². The number of rotatable bonds is 7. The van der Waals surface area contributed by atoms with E-state index in [2.05, 4.69) is 4.72 Å². The molecule has 2 rings (SSSR count). The summed E-state index contributed by atoms with van der Waals surface area (Å²) >= 11 is 0. The average Bonchev–Trinajstić information content (AvgIpc) is 2.97. The maximum atomic E-state index is 12.1. The summed E-state index contributed by atoms with van der Waals surface area (Å²) in [7, 11) is -3.51. The zero-order chi connectivity index (χ0) is 14.4. The second-order valence-electron chi connectivity index (χ2n) is 4.43. The Kier molecular flexibility index (Phi) is 4.94. The number of sulfonamides is 1. The van der Waals surface area contributed by atoms with Gasteiger partial charge >= 0.3 is 0 Å². The first-order valence-electron chi connectivity index (χ1n) is 6.32. The van der Waals surface area contributed by atoms with Gasteiger partial charge in [-0.1, -0.05) is 12.1 Å². The van der Waals surface area contributed by atoms with Crippen LogP contribution in [0.2, 0.25) is 0 Å². The molecule has 1 aromatic heterocycles. The van der Waals surface area contributed by atoms with Crippen LogP contribution in [-0.2, 0) is 23.0 Å². The van der Waals surface area contributed by atoms with Crippen molar-refractivity contribution < 1.29 is 17.9 Å². The lowest BCUT2D eigenvalue weighted by atomic mass is 10.1. The third kappa shape index (κ3) is 3.93. The predicted octanol–water partition coefficient (Wildman–Crippen LogP) is 1.68. The molecule has 0 fully saturated rings. The van der Waals surface area contributed by atoms with Gasteiger partial charge in [0.1, 0.15) is 0 Å². The fourth-order valence-corrected chi connectivity index (χ4v) is 2.79. The Morgan fingerprint density at radius 2 is 1.85 bits per heavy atom. The lowest BCUT2D eigenvalue weighted by Crippen LogP contribution is -2.22. The van der Waals surface area contributed by atoms with E-state index in [1.165, 1.54) is 12.5 Å². The Bertz CT molecular complexity index is 618. The molecule has 108 valence electrons. The van der Waals surface area contributed by atoms with Crippen molar-refractivity contribution in [3.8, 4) is 0 Å². The normalized spacial score (nSPS) is 11.7. The molecule has 20 heavy (non-hydrogen) atoms. The standard InChI is InChI=1S/C14H17NO4S/c16-8-1-2-12-3-5-14(6-4-12)20(17,18)15-10-13-7-9-19-11-13/h3-7,9,11,15-16H,1-2,8,10H2. The van der Waals surface area contributed by atoms with Crippen LogP contribution in [0.25, 0.3) is 0 Å². The van der Waals surface area contributed by atoms with E-state index in [1.54, 1.807) is 30.3 Å². The molecule has 0 saturated heterocycles. The number of hydrogen-bond acceptors (Lipinski definition) is 4. The van der Waals surface area contributed by atoms with Crippen LogP contribution in [0.5, 0.6) is 0 Å². The van der Waals surface area contributed by atoms with Gasteiger partial charge in [-0.25, -0.2) is 13.1 Å². The van der Waals surface area contributed by atoms with E-state index in [4.69, 9.17) is 9.52 Å². The van der Waals surface area contributed by atoms with Crippen molar-refractivity contribution in [3.05, 3.63) is 54.0 Å². The SMILES string of the molecule is O=S(=O)(NCc1ccoc1)c1ccc(CCCO)cc1. The molecule has 1 aromatic carbocycles. The first kappa shape index (κ1) is 14.8. The molecule has 0 amide bonds. The molecule has 1 heterocycles. The molecule has 0 bridgehead atoms. The minimum absolute atomic E-state index is 0.131. The van der Waals surface area contributed by atoms with Crippen LogP contribution in [0.1, 0.15) is 17.5 Å². The van der Waals surface area contributed by atoms with E-state index in [0.717, 1.165) is 17.5 Å². The highest BCUT2D eigenvalue weighted by molar-refractivity contribution is 7.89. The first-order chi connectivity index (χ1) is 9.62. The van der Waals surface area contributed by atoms with Crippen molar-refractivity contribution in [2.45, 2.75) is 24.3 Å². The fourth-order valence-electron chi connectivity index (χ4n) is 1.77. The molecule has 0 aliphatic rings. The number of hydrogen-bond donors (Lipinski definition) is 2. The van der Waals surface area contributed by atoms with Gasteiger partial charge in [-0.15, -0.1) is 0 Å². The highest BCUT2D eigenvalue weighted by Crippen LogP contribution is 2.12. The maximum absolute atomic E-state index is 12.1. The molecule has 0 aliphatic heterocycles. The van der Waals surface area contributed by atoms with Gasteiger partial charge in [0.25, 0.3) is 0 Å². The van der Waals surface area contributed by atoms with Crippen LogP contribution in [0, 0.1) is 0 Å². The second-order valence-corrected chi connectivity index (χ2v) is 6.19. The van der Waals surface area contributed by atoms with E-state index in [1.807, 2.05) is 0 Å². The largest absolute Gasteiger partial charge is 0.472 e. The molecule has 0 atom stereocenters. The lowest BCUT2D eigenvalue weighted by molar-refractivity contribution is 0.288. The minimum atomic E-state index is -3.51. The molecule has 0 aliphatic carbocycles. The molecule has 2 aromatic rings. The summed E-state index contributed by atoms with van der Waals surface area (Å²) in [5.41, 5.74) is 1.78. The summed E-state index contributed by atoms with van der Waals surface area (Å²) in [5.74, 6) is 0. The summed E-state index contributed by atoms with van der Waals surface area (Å²) in [6.45, 7) is 0.331. The third-order valence-corrected chi connectivity index (χ3v) is 4.32. The van der Waals surface area contributed by atoms with Gasteiger partial charge in [-0.3, -0.25) is 0 Å². The smallest absolute Gasteiger partial charge is 0.240 e. The molecule has 5 nitrogen and oxygen atoms in total. The number of furan rings is 1. The zero-order valence-corrected chi connectivity index (χ0v) is 11.8. The summed E-state index contributed by atoms with van der Waals surface area (Å²) in [4.78, 5) is 0.230. The van der Waals surface area contributed by atoms with Gasteiger partial charge in [-0.2, -0.15) is 0 Å². The van der Waals surface area contributed by atoms with Gasteiger partial charge in [0.05, 0.1) is 17.4 Å². The highest BCUT2D eigenvalue weighted by atomic mass is 32.2. The van der Waals surface area contributed by atoms with Crippen molar-refractivity contribution in [1.29, 1.82) is 0 Å². The second kappa shape index (κ2) is 6.69. The van der Waals surface area contributed by atoms with Crippen molar-refractivity contribution >= 4 is 10.0 Å². The van der Waals surface area contributed by atoms with Gasteiger partial charge < -0.3 is 9.52 Å². The highest BCUT2D eigenvalue weighted by Gasteiger charge is 2.13. The number of aliphatic hydroxyl groups is 1. The first-order valence-corrected chi connectivity index (χ1v) is 7.81. The average molecular weight is 295 g/mol. The van der Waals surface area contributed by atoms with E-state index in [9.17, 15) is 8.42 Å². The number of aryl methyl sites for hydroxylation is 1. The Hall–Kier alpha value is -1.63. The van der Waals surface area contributed by atoms with Crippen LogP contribution < -0.4 is 4.72 Å². The quantitative estimate of drug-likeness (QED) is 0.814. The lowest BCUT2D eigenvalue weighted by Gasteiger charge is -2.06. The van der Waals surface area contributed by atoms with Crippen LogP contribution in [0.3, 0.4) is 0 Å². The molecule has 0 unspecified atom stereocenters. The molecule has 0 radical (unpaired) electrons. The number of nitrogens with one attached hydrogen (secondary N) is 1. The Morgan fingerprint density at radius 1 is 1.10 bits per heavy atom. The minimum Gasteiger partial charge on any atom is -0.472 e. The zero-order valence-electron chi connectivity index (χ0n) is 11.0. The van der Waals surface area contributed by atoms with E-state index in [0.29, 0.717) is 6.42 Å². The fraction of sp³-hybridized carbons (Fsp3) is 0.286. The summed E-state index contributed by atoms with van der Waals surface area (Å²) in [5, 5.41) is 8.76. The van der Waals surface area contributed by atoms with Crippen LogP contribution in [0.4, 0.5) is 0 Å². The third-order valence-electron chi connectivity index (χ3n) is 2.90.